The number of rotatable bonds is 6. The fourth-order valence-electron chi connectivity index (χ4n) is 12.2. The van der Waals surface area contributed by atoms with Gasteiger partial charge in [-0.3, -0.25) is 29.8 Å². The zero-order valence-electron chi connectivity index (χ0n) is 25.9. The number of nitro benzene ring substituents is 2. The maximum Gasteiger partial charge on any atom is 0.338 e. The monoisotopic (exact) mass is 654 g/mol. The minimum absolute atomic E-state index is 0.0715. The first kappa shape index (κ1) is 29.6. The van der Waals surface area contributed by atoms with Gasteiger partial charge >= 0.3 is 11.9 Å². The lowest BCUT2D eigenvalue weighted by Gasteiger charge is -2.34. The Labute approximate surface area is 274 Å². The van der Waals surface area contributed by atoms with Gasteiger partial charge in [-0.2, -0.15) is 0 Å². The van der Waals surface area contributed by atoms with Gasteiger partial charge in [-0.25, -0.2) is 9.59 Å². The minimum Gasteiger partial charge on any atom is -0.450 e. The highest BCUT2D eigenvalue weighted by Crippen LogP contribution is 2.70. The molecule has 8 bridgehead atoms. The first-order chi connectivity index (χ1) is 23.1. The Bertz CT molecular complexity index is 1640. The molecular formula is C36H34N2O10. The number of ketones is 2. The van der Waals surface area contributed by atoms with E-state index in [4.69, 9.17) is 9.47 Å². The molecular weight excluding hydrogens is 620 g/mol. The second kappa shape index (κ2) is 10.5. The van der Waals surface area contributed by atoms with E-state index in [1.54, 1.807) is 0 Å². The van der Waals surface area contributed by atoms with Crippen LogP contribution >= 0.6 is 0 Å². The number of hydrogen-bond donors (Lipinski definition) is 0. The maximum absolute atomic E-state index is 12.8. The summed E-state index contributed by atoms with van der Waals surface area (Å²) in [6.07, 6.45) is 5.37. The quantitative estimate of drug-likeness (QED) is 0.228. The van der Waals surface area contributed by atoms with Crippen LogP contribution in [0.3, 0.4) is 0 Å². The fourth-order valence-corrected chi connectivity index (χ4v) is 12.2. The third-order valence-corrected chi connectivity index (χ3v) is 13.7. The number of nitro groups is 2. The average molecular weight is 655 g/mol. The van der Waals surface area contributed by atoms with Crippen molar-refractivity contribution in [3.8, 4) is 0 Å². The van der Waals surface area contributed by atoms with E-state index in [-0.39, 0.29) is 57.7 Å². The minimum atomic E-state index is -0.612. The molecule has 0 unspecified atom stereocenters. The third-order valence-electron chi connectivity index (χ3n) is 13.7. The van der Waals surface area contributed by atoms with Crippen molar-refractivity contribution in [2.24, 2.45) is 71.0 Å². The van der Waals surface area contributed by atoms with Crippen LogP contribution < -0.4 is 0 Å². The summed E-state index contributed by atoms with van der Waals surface area (Å²) in [5.74, 6) is 4.19. The molecule has 0 N–H and O–H groups in total. The van der Waals surface area contributed by atoms with E-state index in [1.807, 2.05) is 0 Å². The predicted octanol–water partition coefficient (Wildman–Crippen LogP) is 5.22. The third kappa shape index (κ3) is 4.19. The highest BCUT2D eigenvalue weighted by atomic mass is 16.6. The lowest BCUT2D eigenvalue weighted by molar-refractivity contribution is -0.385. The molecule has 10 rings (SSSR count). The molecule has 14 atom stereocenters. The van der Waals surface area contributed by atoms with E-state index in [9.17, 15) is 39.4 Å². The second-order valence-electron chi connectivity index (χ2n) is 15.3. The van der Waals surface area contributed by atoms with Crippen molar-refractivity contribution in [1.29, 1.82) is 0 Å². The van der Waals surface area contributed by atoms with Crippen LogP contribution in [-0.2, 0) is 19.1 Å². The van der Waals surface area contributed by atoms with Gasteiger partial charge in [0.25, 0.3) is 11.4 Å². The van der Waals surface area contributed by atoms with Gasteiger partial charge in [0.05, 0.1) is 21.0 Å². The number of esters is 2. The average Bonchev–Trinajstić information content (AvgIpc) is 3.89. The Morgan fingerprint density at radius 3 is 1.25 bits per heavy atom. The van der Waals surface area contributed by atoms with Crippen molar-refractivity contribution < 1.29 is 38.5 Å². The molecule has 248 valence electrons. The zero-order chi connectivity index (χ0) is 33.2. The number of fused-ring (bicyclic) bond motifs is 8. The summed E-state index contributed by atoms with van der Waals surface area (Å²) in [5, 5.41) is 21.4. The fraction of sp³-hybridized carbons (Fsp3) is 0.556. The predicted molar refractivity (Wildman–Crippen MR) is 164 cm³/mol. The normalized spacial score (nSPS) is 41.0. The van der Waals surface area contributed by atoms with Gasteiger partial charge in [-0.1, -0.05) is 0 Å². The Morgan fingerprint density at radius 1 is 0.542 bits per heavy atom. The Kier molecular flexibility index (Phi) is 6.49. The van der Waals surface area contributed by atoms with Crippen LogP contribution in [0.1, 0.15) is 59.2 Å². The highest BCUT2D eigenvalue weighted by molar-refractivity contribution is 5.95. The van der Waals surface area contributed by atoms with E-state index in [2.05, 4.69) is 0 Å². The van der Waals surface area contributed by atoms with E-state index >= 15 is 0 Å². The summed E-state index contributed by atoms with van der Waals surface area (Å²) in [5.41, 5.74) is 0.372. The number of benzene rings is 2. The van der Waals surface area contributed by atoms with Crippen LogP contribution in [0, 0.1) is 91.2 Å². The summed E-state index contributed by atoms with van der Waals surface area (Å²) in [6, 6.07) is 10.7. The van der Waals surface area contributed by atoms with Crippen LogP contribution in [-0.4, -0.2) is 45.6 Å². The largest absolute Gasteiger partial charge is 0.450 e. The van der Waals surface area contributed by atoms with Gasteiger partial charge in [0.2, 0.25) is 0 Å². The summed E-state index contributed by atoms with van der Waals surface area (Å²) >= 11 is 0. The van der Waals surface area contributed by atoms with Crippen LogP contribution in [0.4, 0.5) is 11.4 Å². The van der Waals surface area contributed by atoms with Gasteiger partial charge in [0.15, 0.2) is 23.8 Å². The molecule has 8 saturated carbocycles. The van der Waals surface area contributed by atoms with Gasteiger partial charge in [-0.05, 0) is 110 Å². The van der Waals surface area contributed by atoms with Crippen molar-refractivity contribution in [3.63, 3.8) is 0 Å². The molecule has 2 aromatic carbocycles. The molecule has 8 aliphatic carbocycles. The van der Waals surface area contributed by atoms with E-state index < -0.39 is 34.0 Å². The summed E-state index contributed by atoms with van der Waals surface area (Å²) in [7, 11) is 0. The molecule has 0 spiro atoms. The molecule has 8 fully saturated rings. The maximum atomic E-state index is 12.8. The second-order valence-corrected chi connectivity index (χ2v) is 15.3. The van der Waals surface area contributed by atoms with Crippen molar-refractivity contribution >= 4 is 34.9 Å². The number of ether oxygens (including phenoxy) is 2. The van der Waals surface area contributed by atoms with Crippen LogP contribution in [0.15, 0.2) is 48.5 Å². The van der Waals surface area contributed by atoms with Crippen molar-refractivity contribution in [3.05, 3.63) is 79.9 Å². The molecule has 12 heteroatoms. The number of nitrogens with zero attached hydrogens (tertiary/aromatic N) is 2. The summed E-state index contributed by atoms with van der Waals surface area (Å²) < 4.78 is 11.3. The van der Waals surface area contributed by atoms with Gasteiger partial charge in [0, 0.05) is 47.9 Å². The number of carbonyl (C=O) groups is 4. The lowest BCUT2D eigenvalue weighted by atomic mass is 9.75. The molecule has 12 nitrogen and oxygen atoms in total. The first-order valence-electron chi connectivity index (χ1n) is 17.1. The Balaban J connectivity index is 0.000000131. The molecule has 0 amide bonds. The smallest absolute Gasteiger partial charge is 0.338 e. The SMILES string of the molecule is O=C(O[C@@H]1C(=O)[C@H]2C[C@@H]3[C@H]4C[C@H](C[C@H]42)[C@@H]31)c1ccc([N+](=O)[O-])cc1.O=C(O[C@H]1C(=O)[C@@H]2C[C@H]3[C@@H]4C[C@@H](C[C@@H]42)[C@H]31)c1ccc([N+](=O)[O-])cc1. The highest BCUT2D eigenvalue weighted by Gasteiger charge is 2.69. The lowest BCUT2D eigenvalue weighted by Crippen LogP contribution is -2.43. The zero-order valence-corrected chi connectivity index (χ0v) is 25.9. The molecule has 0 aliphatic heterocycles. The Morgan fingerprint density at radius 2 is 0.896 bits per heavy atom. The Hall–Kier alpha value is -4.48. The van der Waals surface area contributed by atoms with E-state index in [0.29, 0.717) is 47.3 Å². The van der Waals surface area contributed by atoms with Gasteiger partial charge in [0.1, 0.15) is 0 Å². The number of hydrogen-bond acceptors (Lipinski definition) is 10. The van der Waals surface area contributed by atoms with Crippen LogP contribution in [0.25, 0.3) is 0 Å². The first-order valence-corrected chi connectivity index (χ1v) is 17.1. The van der Waals surface area contributed by atoms with Crippen LogP contribution in [0.5, 0.6) is 0 Å². The standard InChI is InChI=1S/2C18H17NO5/c2*20-16-14-7-13-11-5-9(6-12(11)14)15(13)17(16)24-18(21)8-1-3-10(4-2-8)19(22)23/h2*1-4,9,11-15,17H,5-7H2/t2*9-,11+,12-,13-,14+,15+,17+/m10/s1. The number of non-ortho nitro benzene ring substituents is 2. The molecule has 2 aromatic rings. The molecule has 0 aromatic heterocycles. The molecule has 48 heavy (non-hydrogen) atoms. The van der Waals surface area contributed by atoms with Crippen LogP contribution in [0.2, 0.25) is 0 Å². The van der Waals surface area contributed by atoms with E-state index in [0.717, 1.165) is 25.7 Å². The van der Waals surface area contributed by atoms with Gasteiger partial charge < -0.3 is 9.47 Å². The molecule has 0 saturated heterocycles. The van der Waals surface area contributed by atoms with E-state index in [1.165, 1.54) is 61.4 Å². The van der Waals surface area contributed by atoms with Crippen molar-refractivity contribution in [1.82, 2.24) is 0 Å². The molecule has 0 radical (unpaired) electrons. The summed E-state index contributed by atoms with van der Waals surface area (Å²) in [4.78, 5) is 70.7. The number of Topliss-reactive ketones (excluding diaryl/α,β-unsaturated/α-hetero) is 2. The van der Waals surface area contributed by atoms with Crippen molar-refractivity contribution in [2.75, 3.05) is 0 Å². The molecule has 8 aliphatic rings. The van der Waals surface area contributed by atoms with Crippen molar-refractivity contribution in [2.45, 2.75) is 50.7 Å². The van der Waals surface area contributed by atoms with Gasteiger partial charge in [-0.15, -0.1) is 0 Å². The molecule has 0 heterocycles. The topological polar surface area (TPSA) is 173 Å². The summed E-state index contributed by atoms with van der Waals surface area (Å²) in [6.45, 7) is 0. The number of carbonyl (C=O) groups excluding carboxylic acids is 4.